The van der Waals surface area contributed by atoms with Gasteiger partial charge in [-0.1, -0.05) is 0 Å². The van der Waals surface area contributed by atoms with Crippen LogP contribution in [0.4, 0.5) is 0 Å². The summed E-state index contributed by atoms with van der Waals surface area (Å²) < 4.78 is 8.66. The Hall–Kier alpha value is -0.140. The van der Waals surface area contributed by atoms with E-state index in [4.69, 9.17) is 4.43 Å². The van der Waals surface area contributed by atoms with Gasteiger partial charge < -0.3 is 0 Å². The minimum absolute atomic E-state index is 0.189. The molecule has 114 valence electrons. The molecule has 0 bridgehead atoms. The molecule has 1 aliphatic carbocycles. The Bertz CT molecular complexity index is 549. The molecule has 0 N–H and O–H groups in total. The van der Waals surface area contributed by atoms with Crippen molar-refractivity contribution in [3.8, 4) is 0 Å². The maximum absolute atomic E-state index is 6.59. The molecule has 2 rings (SSSR count). The number of rotatable bonds is 4. The maximum atomic E-state index is 6.59. The molecule has 0 aliphatic heterocycles. The van der Waals surface area contributed by atoms with Crippen LogP contribution in [0.5, 0.6) is 0 Å². The van der Waals surface area contributed by atoms with E-state index >= 15 is 0 Å². The molecule has 0 amide bonds. The molecular formula is C18H28OSiZr. The van der Waals surface area contributed by atoms with E-state index in [0.29, 0.717) is 3.63 Å². The zero-order valence-corrected chi connectivity index (χ0v) is 18.0. The van der Waals surface area contributed by atoms with Crippen LogP contribution in [0, 0.1) is 5.41 Å². The van der Waals surface area contributed by atoms with E-state index < -0.39 is 31.6 Å². The molecule has 0 fully saturated rings. The topological polar surface area (TPSA) is 9.23 Å². The summed E-state index contributed by atoms with van der Waals surface area (Å²) in [7, 11) is -1.60. The Morgan fingerprint density at radius 3 is 2.29 bits per heavy atom. The molecular weight excluding hydrogens is 352 g/mol. The van der Waals surface area contributed by atoms with E-state index in [-0.39, 0.29) is 5.41 Å². The van der Waals surface area contributed by atoms with Crippen LogP contribution in [-0.2, 0) is 27.7 Å². The fourth-order valence-electron chi connectivity index (χ4n) is 2.99. The predicted molar refractivity (Wildman–Crippen MR) is 90.5 cm³/mol. The molecule has 1 aromatic carbocycles. The average Bonchev–Trinajstić information content (AvgIpc) is 2.62. The van der Waals surface area contributed by atoms with Crippen molar-refractivity contribution < 1.29 is 27.7 Å². The fourth-order valence-corrected chi connectivity index (χ4v) is 7.88. The Morgan fingerprint density at radius 1 is 1.14 bits per heavy atom. The first-order valence-corrected chi connectivity index (χ1v) is 14.5. The number of fused-ring (bicyclic) bond motifs is 1. The third-order valence-corrected chi connectivity index (χ3v) is 7.97. The van der Waals surface area contributed by atoms with Crippen molar-refractivity contribution >= 4 is 14.1 Å². The van der Waals surface area contributed by atoms with Gasteiger partial charge in [-0.2, -0.15) is 0 Å². The third kappa shape index (κ3) is 3.79. The number of hydrogen-bond donors (Lipinski definition) is 0. The molecule has 0 radical (unpaired) electrons. The van der Waals surface area contributed by atoms with Gasteiger partial charge in [-0.15, -0.1) is 0 Å². The molecule has 0 spiro atoms. The second-order valence-corrected chi connectivity index (χ2v) is 16.4. The van der Waals surface area contributed by atoms with Gasteiger partial charge >= 0.3 is 143 Å². The Kier molecular flexibility index (Phi) is 5.05. The van der Waals surface area contributed by atoms with Crippen LogP contribution in [0.15, 0.2) is 29.8 Å². The Labute approximate surface area is 142 Å². The second kappa shape index (κ2) is 6.16. The van der Waals surface area contributed by atoms with Crippen molar-refractivity contribution in [2.75, 3.05) is 0 Å². The van der Waals surface area contributed by atoms with Crippen LogP contribution in [-0.4, -0.2) is 8.32 Å². The zero-order chi connectivity index (χ0) is 15.8. The molecule has 0 heterocycles. The number of hydrogen-bond acceptors (Lipinski definition) is 1. The monoisotopic (exact) mass is 378 g/mol. The predicted octanol–water partition coefficient (Wildman–Crippen LogP) is 5.87. The van der Waals surface area contributed by atoms with Gasteiger partial charge in [0.1, 0.15) is 0 Å². The van der Waals surface area contributed by atoms with Gasteiger partial charge in [0.15, 0.2) is 0 Å². The van der Waals surface area contributed by atoms with Crippen molar-refractivity contribution in [1.29, 1.82) is 0 Å². The zero-order valence-electron chi connectivity index (χ0n) is 14.5. The molecule has 21 heavy (non-hydrogen) atoms. The van der Waals surface area contributed by atoms with Crippen molar-refractivity contribution in [2.45, 2.75) is 55.1 Å². The van der Waals surface area contributed by atoms with Gasteiger partial charge in [0, 0.05) is 0 Å². The molecule has 1 aliphatic rings. The summed E-state index contributed by atoms with van der Waals surface area (Å²) in [5.74, 6) is 1.23. The molecule has 0 saturated heterocycles. The van der Waals surface area contributed by atoms with Crippen molar-refractivity contribution in [3.05, 3.63) is 41.0 Å². The van der Waals surface area contributed by atoms with Gasteiger partial charge in [0.25, 0.3) is 0 Å². The van der Waals surface area contributed by atoms with E-state index in [1.54, 1.807) is 11.1 Å². The van der Waals surface area contributed by atoms with Crippen LogP contribution in [0.1, 0.15) is 42.4 Å². The van der Waals surface area contributed by atoms with Gasteiger partial charge in [0.05, 0.1) is 0 Å². The summed E-state index contributed by atoms with van der Waals surface area (Å²) in [6.07, 6.45) is 0. The summed E-state index contributed by atoms with van der Waals surface area (Å²) in [4.78, 5) is 0. The van der Waals surface area contributed by atoms with Gasteiger partial charge in [0.2, 0.25) is 0 Å². The minimum atomic E-state index is -1.60. The first kappa shape index (κ1) is 17.2. The third-order valence-electron chi connectivity index (χ3n) is 3.67. The molecule has 1 aromatic rings. The summed E-state index contributed by atoms with van der Waals surface area (Å²) in [5, 5.41) is 0. The molecule has 1 unspecified atom stereocenters. The summed E-state index contributed by atoms with van der Waals surface area (Å²) >= 11 is -0.449. The van der Waals surface area contributed by atoms with E-state index in [0.717, 1.165) is 0 Å². The van der Waals surface area contributed by atoms with Crippen molar-refractivity contribution in [2.24, 2.45) is 5.41 Å². The quantitative estimate of drug-likeness (QED) is 0.594. The first-order valence-electron chi connectivity index (χ1n) is 7.91. The first-order chi connectivity index (χ1) is 9.65. The average molecular weight is 380 g/mol. The number of allylic oxidation sites excluding steroid dienone is 1. The standard InChI is InChI=1S/C16H23OSi.C2H5.Zr/c1-16(2,3)14-11-12-9-7-8-10-13(12)15(14)17-18(4,5)6;1-2;/h7-11H,1-6H3;1H2,2H3;. The second-order valence-electron chi connectivity index (χ2n) is 7.79. The van der Waals surface area contributed by atoms with Gasteiger partial charge in [-0.3, -0.25) is 0 Å². The molecule has 0 aromatic heterocycles. The Morgan fingerprint density at radius 2 is 1.76 bits per heavy atom. The number of benzene rings is 1. The van der Waals surface area contributed by atoms with Gasteiger partial charge in [-0.25, -0.2) is 0 Å². The normalized spacial score (nSPS) is 18.7. The van der Waals surface area contributed by atoms with Gasteiger partial charge in [-0.05, 0) is 0 Å². The van der Waals surface area contributed by atoms with Crippen LogP contribution in [0.2, 0.25) is 23.8 Å². The SMILES string of the molecule is C[CH2][Zr][CH]1C(C(C)(C)C)=C(O[Si](C)(C)C)c2ccccc21. The van der Waals surface area contributed by atoms with E-state index in [1.807, 2.05) is 0 Å². The van der Waals surface area contributed by atoms with Crippen LogP contribution in [0.3, 0.4) is 0 Å². The molecule has 3 heteroatoms. The molecule has 1 atom stereocenters. The van der Waals surface area contributed by atoms with E-state index in [9.17, 15) is 0 Å². The van der Waals surface area contributed by atoms with E-state index in [2.05, 4.69) is 71.6 Å². The van der Waals surface area contributed by atoms with E-state index in [1.165, 1.54) is 15.5 Å². The van der Waals surface area contributed by atoms with Crippen LogP contribution in [0.25, 0.3) is 5.76 Å². The Balaban J connectivity index is 2.62. The summed E-state index contributed by atoms with van der Waals surface area (Å²) in [6.45, 7) is 16.3. The molecule has 0 saturated carbocycles. The molecule has 1 nitrogen and oxygen atoms in total. The van der Waals surface area contributed by atoms with Crippen molar-refractivity contribution in [1.82, 2.24) is 0 Å². The summed E-state index contributed by atoms with van der Waals surface area (Å²) in [5.41, 5.74) is 4.70. The summed E-state index contributed by atoms with van der Waals surface area (Å²) in [6, 6.07) is 8.96. The van der Waals surface area contributed by atoms with Crippen LogP contribution < -0.4 is 0 Å². The fraction of sp³-hybridized carbons (Fsp3) is 0.556. The van der Waals surface area contributed by atoms with Crippen LogP contribution >= 0.6 is 0 Å². The van der Waals surface area contributed by atoms with Crippen molar-refractivity contribution in [3.63, 3.8) is 0 Å².